The van der Waals surface area contributed by atoms with Gasteiger partial charge in [0.15, 0.2) is 11.5 Å². The van der Waals surface area contributed by atoms with Gasteiger partial charge in [-0.1, -0.05) is 12.1 Å². The fourth-order valence-electron chi connectivity index (χ4n) is 2.92. The SMILES string of the molecule is CCOc1ccccc1OCCCC(=O)N1CCC(CNC)C1.Cl. The molecule has 6 heteroatoms. The number of hydrogen-bond donors (Lipinski definition) is 1. The van der Waals surface area contributed by atoms with E-state index in [2.05, 4.69) is 5.32 Å². The molecule has 0 radical (unpaired) electrons. The Morgan fingerprint density at radius 3 is 2.67 bits per heavy atom. The van der Waals surface area contributed by atoms with Gasteiger partial charge in [-0.15, -0.1) is 12.4 Å². The third-order valence-corrected chi connectivity index (χ3v) is 4.07. The number of nitrogens with one attached hydrogen (secondary N) is 1. The minimum absolute atomic E-state index is 0. The summed E-state index contributed by atoms with van der Waals surface area (Å²) in [4.78, 5) is 14.2. The van der Waals surface area contributed by atoms with Gasteiger partial charge in [0.25, 0.3) is 0 Å². The van der Waals surface area contributed by atoms with Gasteiger partial charge in [-0.05, 0) is 51.4 Å². The summed E-state index contributed by atoms with van der Waals surface area (Å²) >= 11 is 0. The topological polar surface area (TPSA) is 50.8 Å². The lowest BCUT2D eigenvalue weighted by atomic mass is 10.1. The number of halogens is 1. The Balaban J connectivity index is 0.00000288. The van der Waals surface area contributed by atoms with Crippen molar-refractivity contribution in [3.05, 3.63) is 24.3 Å². The Labute approximate surface area is 151 Å². The van der Waals surface area contributed by atoms with Crippen molar-refractivity contribution in [3.8, 4) is 11.5 Å². The van der Waals surface area contributed by atoms with E-state index in [4.69, 9.17) is 9.47 Å². The van der Waals surface area contributed by atoms with E-state index in [1.165, 1.54) is 0 Å². The second-order valence-corrected chi connectivity index (χ2v) is 5.88. The van der Waals surface area contributed by atoms with Gasteiger partial charge in [0.1, 0.15) is 0 Å². The molecule has 0 aliphatic carbocycles. The lowest BCUT2D eigenvalue weighted by molar-refractivity contribution is -0.130. The normalized spacial score (nSPS) is 16.6. The van der Waals surface area contributed by atoms with Crippen LogP contribution in [-0.2, 0) is 4.79 Å². The summed E-state index contributed by atoms with van der Waals surface area (Å²) in [7, 11) is 1.96. The molecule has 2 rings (SSSR count). The lowest BCUT2D eigenvalue weighted by Crippen LogP contribution is -2.30. The van der Waals surface area contributed by atoms with Crippen molar-refractivity contribution < 1.29 is 14.3 Å². The number of amides is 1. The maximum Gasteiger partial charge on any atom is 0.222 e. The smallest absolute Gasteiger partial charge is 0.222 e. The molecule has 5 nitrogen and oxygen atoms in total. The van der Waals surface area contributed by atoms with Crippen molar-refractivity contribution >= 4 is 18.3 Å². The highest BCUT2D eigenvalue weighted by Crippen LogP contribution is 2.26. The highest BCUT2D eigenvalue weighted by Gasteiger charge is 2.25. The molecule has 1 aromatic rings. The van der Waals surface area contributed by atoms with Crippen LogP contribution >= 0.6 is 12.4 Å². The number of hydrogen-bond acceptors (Lipinski definition) is 4. The van der Waals surface area contributed by atoms with Crippen LogP contribution in [0.2, 0.25) is 0 Å². The predicted molar refractivity (Wildman–Crippen MR) is 98.2 cm³/mol. The third kappa shape index (κ3) is 6.21. The van der Waals surface area contributed by atoms with E-state index in [1.54, 1.807) is 0 Å². The molecule has 1 fully saturated rings. The molecule has 0 spiro atoms. The summed E-state index contributed by atoms with van der Waals surface area (Å²) < 4.78 is 11.3. The predicted octanol–water partition coefficient (Wildman–Crippen LogP) is 2.73. The summed E-state index contributed by atoms with van der Waals surface area (Å²) in [5.41, 5.74) is 0. The molecule has 0 bridgehead atoms. The Morgan fingerprint density at radius 2 is 2.00 bits per heavy atom. The Morgan fingerprint density at radius 1 is 1.29 bits per heavy atom. The highest BCUT2D eigenvalue weighted by atomic mass is 35.5. The molecule has 1 aliphatic heterocycles. The number of carbonyl (C=O) groups excluding carboxylic acids is 1. The van der Waals surface area contributed by atoms with Gasteiger partial charge in [0, 0.05) is 19.5 Å². The summed E-state index contributed by atoms with van der Waals surface area (Å²) in [6.45, 7) is 5.85. The number of likely N-dealkylation sites (tertiary alicyclic amines) is 1. The Bertz CT molecular complexity index is 499. The van der Waals surface area contributed by atoms with Crippen LogP contribution in [-0.4, -0.2) is 50.7 Å². The van der Waals surface area contributed by atoms with Gasteiger partial charge >= 0.3 is 0 Å². The summed E-state index contributed by atoms with van der Waals surface area (Å²) in [6.07, 6.45) is 2.38. The van der Waals surface area contributed by atoms with Crippen molar-refractivity contribution in [1.82, 2.24) is 10.2 Å². The van der Waals surface area contributed by atoms with E-state index in [-0.39, 0.29) is 18.3 Å². The zero-order valence-corrected chi connectivity index (χ0v) is 15.4. The minimum atomic E-state index is 0. The van der Waals surface area contributed by atoms with E-state index in [9.17, 15) is 4.79 Å². The molecular weight excluding hydrogens is 328 g/mol. The van der Waals surface area contributed by atoms with Gasteiger partial charge in [0.2, 0.25) is 5.91 Å². The Kier molecular flexibility index (Phi) is 9.57. The molecule has 1 aliphatic rings. The average molecular weight is 357 g/mol. The summed E-state index contributed by atoms with van der Waals surface area (Å²) in [5.74, 6) is 2.34. The van der Waals surface area contributed by atoms with E-state index >= 15 is 0 Å². The maximum absolute atomic E-state index is 12.2. The van der Waals surface area contributed by atoms with Crippen LogP contribution in [0.1, 0.15) is 26.2 Å². The van der Waals surface area contributed by atoms with Crippen molar-refractivity contribution in [2.24, 2.45) is 5.92 Å². The minimum Gasteiger partial charge on any atom is -0.490 e. The molecule has 1 unspecified atom stereocenters. The molecule has 1 atom stereocenters. The quantitative estimate of drug-likeness (QED) is 0.691. The van der Waals surface area contributed by atoms with E-state index in [1.807, 2.05) is 43.1 Å². The number of para-hydroxylation sites is 2. The van der Waals surface area contributed by atoms with Crippen molar-refractivity contribution in [3.63, 3.8) is 0 Å². The van der Waals surface area contributed by atoms with Gasteiger partial charge in [-0.2, -0.15) is 0 Å². The van der Waals surface area contributed by atoms with Gasteiger partial charge in [-0.3, -0.25) is 4.79 Å². The maximum atomic E-state index is 12.2. The number of benzene rings is 1. The summed E-state index contributed by atoms with van der Waals surface area (Å²) in [6, 6.07) is 7.65. The van der Waals surface area contributed by atoms with Gasteiger partial charge in [0.05, 0.1) is 13.2 Å². The van der Waals surface area contributed by atoms with Crippen LogP contribution in [0, 0.1) is 5.92 Å². The van der Waals surface area contributed by atoms with Gasteiger partial charge in [-0.25, -0.2) is 0 Å². The first-order valence-electron chi connectivity index (χ1n) is 8.51. The number of ether oxygens (including phenoxy) is 2. The van der Waals surface area contributed by atoms with Gasteiger partial charge < -0.3 is 19.7 Å². The van der Waals surface area contributed by atoms with Crippen LogP contribution in [0.25, 0.3) is 0 Å². The molecule has 24 heavy (non-hydrogen) atoms. The highest BCUT2D eigenvalue weighted by molar-refractivity contribution is 5.85. The van der Waals surface area contributed by atoms with E-state index in [0.29, 0.717) is 25.6 Å². The third-order valence-electron chi connectivity index (χ3n) is 4.07. The van der Waals surface area contributed by atoms with Crippen molar-refractivity contribution in [2.75, 3.05) is 39.9 Å². The zero-order valence-electron chi connectivity index (χ0n) is 14.6. The number of rotatable bonds is 9. The molecule has 136 valence electrons. The first kappa shape index (κ1) is 20.6. The molecule has 0 saturated carbocycles. The second-order valence-electron chi connectivity index (χ2n) is 5.88. The average Bonchev–Trinajstić information content (AvgIpc) is 3.02. The molecule has 1 amide bonds. The fourth-order valence-corrected chi connectivity index (χ4v) is 2.92. The van der Waals surface area contributed by atoms with Crippen LogP contribution in [0.5, 0.6) is 11.5 Å². The van der Waals surface area contributed by atoms with E-state index < -0.39 is 0 Å². The Hall–Kier alpha value is -1.46. The molecular formula is C18H29ClN2O3. The molecule has 1 aromatic carbocycles. The molecule has 0 aromatic heterocycles. The molecule has 1 N–H and O–H groups in total. The molecule has 1 saturated heterocycles. The zero-order chi connectivity index (χ0) is 16.5. The lowest BCUT2D eigenvalue weighted by Gasteiger charge is -2.17. The number of carbonyl (C=O) groups is 1. The first-order chi connectivity index (χ1) is 11.2. The first-order valence-corrected chi connectivity index (χ1v) is 8.51. The molecule has 1 heterocycles. The standard InChI is InChI=1S/C18H28N2O3.ClH/c1-3-22-16-7-4-5-8-17(16)23-12-6-9-18(21)20-11-10-15(14-20)13-19-2;/h4-5,7-8,15,19H,3,6,9-14H2,1-2H3;1H. The largest absolute Gasteiger partial charge is 0.490 e. The fraction of sp³-hybridized carbons (Fsp3) is 0.611. The summed E-state index contributed by atoms with van der Waals surface area (Å²) in [5, 5.41) is 3.19. The van der Waals surface area contributed by atoms with Crippen LogP contribution < -0.4 is 14.8 Å². The monoisotopic (exact) mass is 356 g/mol. The second kappa shape index (κ2) is 11.2. The van der Waals surface area contributed by atoms with Crippen LogP contribution in [0.4, 0.5) is 0 Å². The number of nitrogens with zero attached hydrogens (tertiary/aromatic N) is 1. The van der Waals surface area contributed by atoms with Crippen LogP contribution in [0.3, 0.4) is 0 Å². The van der Waals surface area contributed by atoms with Crippen molar-refractivity contribution in [2.45, 2.75) is 26.2 Å². The van der Waals surface area contributed by atoms with Crippen LogP contribution in [0.15, 0.2) is 24.3 Å². The van der Waals surface area contributed by atoms with E-state index in [0.717, 1.165) is 44.0 Å². The van der Waals surface area contributed by atoms with Crippen molar-refractivity contribution in [1.29, 1.82) is 0 Å².